The number of benzene rings is 1. The molecule has 3 heterocycles. The third-order valence-electron chi connectivity index (χ3n) is 4.64. The molecule has 0 radical (unpaired) electrons. The van der Waals surface area contributed by atoms with Crippen LogP contribution in [0.25, 0.3) is 5.78 Å². The van der Waals surface area contributed by atoms with Crippen molar-refractivity contribution in [3.05, 3.63) is 58.6 Å². The summed E-state index contributed by atoms with van der Waals surface area (Å²) >= 11 is 6.20. The smallest absolute Gasteiger partial charge is 0.255 e. The molecule has 1 aliphatic rings. The molecule has 2 aromatic heterocycles. The number of nitrogens with zero attached hydrogens (tertiary/aromatic N) is 5. The molecule has 1 saturated heterocycles. The summed E-state index contributed by atoms with van der Waals surface area (Å²) in [5.74, 6) is 0.784. The number of aromatic nitrogens is 4. The summed E-state index contributed by atoms with van der Waals surface area (Å²) in [6.07, 6.45) is 3.46. The Labute approximate surface area is 150 Å². The largest absolute Gasteiger partial charge is 0.338 e. The summed E-state index contributed by atoms with van der Waals surface area (Å²) in [5, 5.41) is 4.79. The Morgan fingerprint density at radius 1 is 1.32 bits per heavy atom. The van der Waals surface area contributed by atoms with Crippen LogP contribution in [0.4, 0.5) is 0 Å². The van der Waals surface area contributed by atoms with Crippen LogP contribution >= 0.6 is 11.6 Å². The molecule has 128 valence electrons. The van der Waals surface area contributed by atoms with E-state index in [0.29, 0.717) is 22.9 Å². The molecular formula is C18H18ClN5O. The van der Waals surface area contributed by atoms with E-state index in [1.165, 1.54) is 6.33 Å². The van der Waals surface area contributed by atoms with Gasteiger partial charge in [0.25, 0.3) is 11.7 Å². The van der Waals surface area contributed by atoms with Gasteiger partial charge in [-0.1, -0.05) is 23.7 Å². The van der Waals surface area contributed by atoms with Gasteiger partial charge < -0.3 is 4.90 Å². The van der Waals surface area contributed by atoms with E-state index in [9.17, 15) is 4.79 Å². The number of carbonyl (C=O) groups is 1. The molecule has 3 aromatic rings. The third kappa shape index (κ3) is 2.98. The van der Waals surface area contributed by atoms with E-state index >= 15 is 0 Å². The molecule has 0 aliphatic carbocycles. The van der Waals surface area contributed by atoms with E-state index in [2.05, 4.69) is 15.1 Å². The molecule has 1 fully saturated rings. The highest BCUT2D eigenvalue weighted by atomic mass is 35.5. The number of hydrogen-bond donors (Lipinski definition) is 0. The zero-order valence-electron chi connectivity index (χ0n) is 13.9. The zero-order chi connectivity index (χ0) is 17.4. The van der Waals surface area contributed by atoms with Crippen LogP contribution in [0.2, 0.25) is 5.02 Å². The van der Waals surface area contributed by atoms with E-state index in [1.54, 1.807) is 16.6 Å². The van der Waals surface area contributed by atoms with Crippen molar-refractivity contribution in [2.45, 2.75) is 25.7 Å². The summed E-state index contributed by atoms with van der Waals surface area (Å²) < 4.78 is 1.78. The number of rotatable bonds is 2. The molecule has 0 spiro atoms. The number of amides is 1. The molecule has 25 heavy (non-hydrogen) atoms. The van der Waals surface area contributed by atoms with Gasteiger partial charge in [0, 0.05) is 24.7 Å². The molecule has 1 amide bonds. The Balaban J connectivity index is 1.64. The van der Waals surface area contributed by atoms with Gasteiger partial charge in [0.1, 0.15) is 6.33 Å². The molecule has 0 bridgehead atoms. The normalized spacial score (nSPS) is 17.8. The standard InChI is InChI=1S/C18H18ClN5O/c1-12-9-16(24-18(22-12)20-11-21-24)13-5-4-8-23(10-13)17(25)14-6-2-3-7-15(14)19/h2-3,6-7,9,11,13H,4-5,8,10H2,1H3. The first-order valence-electron chi connectivity index (χ1n) is 8.34. The Bertz CT molecular complexity index is 938. The summed E-state index contributed by atoms with van der Waals surface area (Å²) in [6.45, 7) is 3.33. The summed E-state index contributed by atoms with van der Waals surface area (Å²) in [7, 11) is 0. The van der Waals surface area contributed by atoms with Crippen LogP contribution in [-0.2, 0) is 0 Å². The lowest BCUT2D eigenvalue weighted by molar-refractivity contribution is 0.0705. The predicted molar refractivity (Wildman–Crippen MR) is 94.8 cm³/mol. The van der Waals surface area contributed by atoms with E-state index < -0.39 is 0 Å². The molecule has 1 unspecified atom stereocenters. The lowest BCUT2D eigenvalue weighted by Gasteiger charge is -2.33. The maximum Gasteiger partial charge on any atom is 0.255 e. The molecule has 1 aromatic carbocycles. The number of hydrogen-bond acceptors (Lipinski definition) is 4. The van der Waals surface area contributed by atoms with Crippen LogP contribution in [0.15, 0.2) is 36.7 Å². The van der Waals surface area contributed by atoms with Gasteiger partial charge in [-0.05, 0) is 38.0 Å². The topological polar surface area (TPSA) is 63.4 Å². The van der Waals surface area contributed by atoms with Crippen LogP contribution < -0.4 is 0 Å². The highest BCUT2D eigenvalue weighted by molar-refractivity contribution is 6.33. The van der Waals surface area contributed by atoms with Crippen molar-refractivity contribution in [3.63, 3.8) is 0 Å². The fraction of sp³-hybridized carbons (Fsp3) is 0.333. The molecule has 4 rings (SSSR count). The van der Waals surface area contributed by atoms with Crippen molar-refractivity contribution >= 4 is 23.3 Å². The Morgan fingerprint density at radius 2 is 2.16 bits per heavy atom. The minimum Gasteiger partial charge on any atom is -0.338 e. The quantitative estimate of drug-likeness (QED) is 0.708. The average Bonchev–Trinajstić information content (AvgIpc) is 3.09. The fourth-order valence-corrected chi connectivity index (χ4v) is 3.67. The lowest BCUT2D eigenvalue weighted by Crippen LogP contribution is -2.39. The SMILES string of the molecule is Cc1cc(C2CCCN(C(=O)c3ccccc3Cl)C2)n2ncnc2n1. The number of piperidine rings is 1. The highest BCUT2D eigenvalue weighted by Crippen LogP contribution is 2.29. The number of likely N-dealkylation sites (tertiary alicyclic amines) is 1. The van der Waals surface area contributed by atoms with Gasteiger partial charge in [0.15, 0.2) is 0 Å². The Kier molecular flexibility index (Phi) is 4.13. The van der Waals surface area contributed by atoms with E-state index in [4.69, 9.17) is 11.6 Å². The van der Waals surface area contributed by atoms with Crippen molar-refractivity contribution in [2.75, 3.05) is 13.1 Å². The molecule has 0 N–H and O–H groups in total. The van der Waals surface area contributed by atoms with Gasteiger partial charge >= 0.3 is 0 Å². The van der Waals surface area contributed by atoms with Crippen molar-refractivity contribution in [2.24, 2.45) is 0 Å². The molecule has 6 nitrogen and oxygen atoms in total. The Morgan fingerprint density at radius 3 is 3.00 bits per heavy atom. The van der Waals surface area contributed by atoms with Crippen molar-refractivity contribution in [1.29, 1.82) is 0 Å². The van der Waals surface area contributed by atoms with Crippen molar-refractivity contribution in [3.8, 4) is 0 Å². The second kappa shape index (κ2) is 6.44. The lowest BCUT2D eigenvalue weighted by atomic mass is 9.93. The summed E-state index contributed by atoms with van der Waals surface area (Å²) in [6, 6.07) is 9.24. The maximum atomic E-state index is 12.9. The molecular weight excluding hydrogens is 338 g/mol. The van der Waals surface area contributed by atoms with Gasteiger partial charge in [0.2, 0.25) is 0 Å². The summed E-state index contributed by atoms with van der Waals surface area (Å²) in [5.41, 5.74) is 2.52. The predicted octanol–water partition coefficient (Wildman–Crippen LogP) is 3.11. The van der Waals surface area contributed by atoms with Crippen LogP contribution in [0, 0.1) is 6.92 Å². The first kappa shape index (κ1) is 16.0. The average molecular weight is 356 g/mol. The van der Waals surface area contributed by atoms with Gasteiger partial charge in [-0.2, -0.15) is 10.1 Å². The number of aryl methyl sites for hydroxylation is 1. The minimum atomic E-state index is -0.0177. The second-order valence-electron chi connectivity index (χ2n) is 6.36. The molecule has 7 heteroatoms. The first-order chi connectivity index (χ1) is 12.1. The van der Waals surface area contributed by atoms with Gasteiger partial charge in [-0.15, -0.1) is 0 Å². The van der Waals surface area contributed by atoms with Crippen LogP contribution in [0.3, 0.4) is 0 Å². The first-order valence-corrected chi connectivity index (χ1v) is 8.72. The second-order valence-corrected chi connectivity index (χ2v) is 6.77. The van der Waals surface area contributed by atoms with E-state index in [0.717, 1.165) is 30.8 Å². The van der Waals surface area contributed by atoms with Crippen LogP contribution in [0.1, 0.15) is 40.5 Å². The van der Waals surface area contributed by atoms with Crippen molar-refractivity contribution < 1.29 is 4.79 Å². The number of fused-ring (bicyclic) bond motifs is 1. The Hall–Kier alpha value is -2.47. The van der Waals surface area contributed by atoms with Gasteiger partial charge in [-0.3, -0.25) is 4.79 Å². The van der Waals surface area contributed by atoms with E-state index in [-0.39, 0.29) is 11.8 Å². The summed E-state index contributed by atoms with van der Waals surface area (Å²) in [4.78, 5) is 23.3. The van der Waals surface area contributed by atoms with Gasteiger partial charge in [-0.25, -0.2) is 9.50 Å². The van der Waals surface area contributed by atoms with Gasteiger partial charge in [0.05, 0.1) is 16.3 Å². The number of carbonyl (C=O) groups excluding carboxylic acids is 1. The molecule has 1 atom stereocenters. The molecule has 0 saturated carbocycles. The van der Waals surface area contributed by atoms with E-state index in [1.807, 2.05) is 30.0 Å². The highest BCUT2D eigenvalue weighted by Gasteiger charge is 2.28. The third-order valence-corrected chi connectivity index (χ3v) is 4.97. The monoisotopic (exact) mass is 355 g/mol. The van der Waals surface area contributed by atoms with Crippen LogP contribution in [0.5, 0.6) is 0 Å². The zero-order valence-corrected chi connectivity index (χ0v) is 14.6. The maximum absolute atomic E-state index is 12.9. The molecule has 1 aliphatic heterocycles. The van der Waals surface area contributed by atoms with Crippen LogP contribution in [-0.4, -0.2) is 43.5 Å². The number of halogens is 1. The fourth-order valence-electron chi connectivity index (χ4n) is 3.46. The van der Waals surface area contributed by atoms with Crippen molar-refractivity contribution in [1.82, 2.24) is 24.5 Å². The minimum absolute atomic E-state index is 0.0177.